The summed E-state index contributed by atoms with van der Waals surface area (Å²) in [5.41, 5.74) is 0. The van der Waals surface area contributed by atoms with Gasteiger partial charge >= 0.3 is 0 Å². The fourth-order valence-electron chi connectivity index (χ4n) is 2.84. The molecule has 0 bridgehead atoms. The molecule has 1 aliphatic carbocycles. The molecule has 0 aromatic carbocycles. The Kier molecular flexibility index (Phi) is 4.22. The summed E-state index contributed by atoms with van der Waals surface area (Å²) in [4.78, 5) is 0. The van der Waals surface area contributed by atoms with Gasteiger partial charge in [0.1, 0.15) is 0 Å². The average Bonchev–Trinajstić information content (AvgIpc) is 2.76. The fourth-order valence-corrected chi connectivity index (χ4v) is 3.14. The van der Waals surface area contributed by atoms with Gasteiger partial charge in [-0.25, -0.2) is 0 Å². The van der Waals surface area contributed by atoms with Gasteiger partial charge in [0.15, 0.2) is 0 Å². The molecule has 4 heteroatoms. The Labute approximate surface area is 111 Å². The summed E-state index contributed by atoms with van der Waals surface area (Å²) in [6.45, 7) is 2.23. The molecular formula is C13H18BrN3. The van der Waals surface area contributed by atoms with Gasteiger partial charge in [-0.15, -0.1) is 0 Å². The summed E-state index contributed by atoms with van der Waals surface area (Å²) in [5.74, 6) is 0.882. The van der Waals surface area contributed by atoms with E-state index in [9.17, 15) is 5.26 Å². The largest absolute Gasteiger partial charge is 0.267 e. The van der Waals surface area contributed by atoms with E-state index in [4.69, 9.17) is 0 Å². The normalized spacial score (nSPS) is 28.9. The number of rotatable bonds is 3. The van der Waals surface area contributed by atoms with E-state index in [2.05, 4.69) is 34.0 Å². The maximum atomic E-state index is 9.24. The lowest BCUT2D eigenvalue weighted by atomic mass is 9.77. The van der Waals surface area contributed by atoms with Crippen LogP contribution in [0.2, 0.25) is 0 Å². The van der Waals surface area contributed by atoms with Crippen LogP contribution in [-0.4, -0.2) is 9.78 Å². The number of nitriles is 1. The SMILES string of the molecule is CCCC1CCC(C#N)C(n2cc(Br)cn2)C1. The van der Waals surface area contributed by atoms with E-state index in [-0.39, 0.29) is 12.0 Å². The molecule has 0 spiro atoms. The van der Waals surface area contributed by atoms with Crippen molar-refractivity contribution in [1.82, 2.24) is 9.78 Å². The Balaban J connectivity index is 2.13. The summed E-state index contributed by atoms with van der Waals surface area (Å²) in [6.07, 6.45) is 9.62. The Morgan fingerprint density at radius 3 is 3.00 bits per heavy atom. The number of halogens is 1. The molecule has 17 heavy (non-hydrogen) atoms. The third-order valence-electron chi connectivity index (χ3n) is 3.70. The van der Waals surface area contributed by atoms with Crippen molar-refractivity contribution < 1.29 is 0 Å². The van der Waals surface area contributed by atoms with Crippen molar-refractivity contribution in [1.29, 1.82) is 5.26 Å². The van der Waals surface area contributed by atoms with E-state index in [0.717, 1.165) is 23.2 Å². The van der Waals surface area contributed by atoms with E-state index >= 15 is 0 Å². The monoisotopic (exact) mass is 295 g/mol. The summed E-state index contributed by atoms with van der Waals surface area (Å²) >= 11 is 3.42. The third-order valence-corrected chi connectivity index (χ3v) is 4.11. The number of hydrogen-bond acceptors (Lipinski definition) is 2. The second-order valence-electron chi connectivity index (χ2n) is 4.91. The van der Waals surface area contributed by atoms with Gasteiger partial charge in [-0.2, -0.15) is 10.4 Å². The van der Waals surface area contributed by atoms with Crippen molar-refractivity contribution in [3.63, 3.8) is 0 Å². The maximum Gasteiger partial charge on any atom is 0.0688 e. The molecule has 3 nitrogen and oxygen atoms in total. The molecule has 0 radical (unpaired) electrons. The van der Waals surface area contributed by atoms with Crippen LogP contribution in [0.15, 0.2) is 16.9 Å². The second kappa shape index (κ2) is 5.68. The van der Waals surface area contributed by atoms with Crippen molar-refractivity contribution >= 4 is 15.9 Å². The Bertz CT molecular complexity index is 407. The van der Waals surface area contributed by atoms with Crippen molar-refractivity contribution in [3.05, 3.63) is 16.9 Å². The molecule has 1 aliphatic rings. The van der Waals surface area contributed by atoms with Crippen molar-refractivity contribution in [2.75, 3.05) is 0 Å². The van der Waals surface area contributed by atoms with Crippen LogP contribution in [0.5, 0.6) is 0 Å². The topological polar surface area (TPSA) is 41.6 Å². The summed E-state index contributed by atoms with van der Waals surface area (Å²) in [6, 6.07) is 2.71. The van der Waals surface area contributed by atoms with E-state index in [1.165, 1.54) is 19.3 Å². The first-order valence-electron chi connectivity index (χ1n) is 6.33. The van der Waals surface area contributed by atoms with Crippen molar-refractivity contribution in [2.45, 2.75) is 45.1 Å². The Morgan fingerprint density at radius 1 is 1.59 bits per heavy atom. The van der Waals surface area contributed by atoms with Gasteiger partial charge in [-0.3, -0.25) is 4.68 Å². The Hall–Kier alpha value is -0.820. The first-order chi connectivity index (χ1) is 8.24. The number of nitrogens with zero attached hydrogens (tertiary/aromatic N) is 3. The Morgan fingerprint density at radius 2 is 2.41 bits per heavy atom. The lowest BCUT2D eigenvalue weighted by Crippen LogP contribution is -2.27. The van der Waals surface area contributed by atoms with Gasteiger partial charge < -0.3 is 0 Å². The maximum absolute atomic E-state index is 9.24. The summed E-state index contributed by atoms with van der Waals surface area (Å²) in [7, 11) is 0. The van der Waals surface area contributed by atoms with Crippen LogP contribution in [0.25, 0.3) is 0 Å². The van der Waals surface area contributed by atoms with Crippen LogP contribution in [0.4, 0.5) is 0 Å². The van der Waals surface area contributed by atoms with Crippen molar-refractivity contribution in [3.8, 4) is 6.07 Å². The predicted molar refractivity (Wildman–Crippen MR) is 70.3 cm³/mol. The number of aromatic nitrogens is 2. The van der Waals surface area contributed by atoms with Gasteiger partial charge in [0, 0.05) is 6.20 Å². The van der Waals surface area contributed by atoms with E-state index in [0.29, 0.717) is 0 Å². The minimum Gasteiger partial charge on any atom is -0.267 e. The summed E-state index contributed by atoms with van der Waals surface area (Å²) in [5, 5.41) is 13.6. The predicted octanol–water partition coefficient (Wildman–Crippen LogP) is 3.93. The zero-order valence-corrected chi connectivity index (χ0v) is 11.7. The quantitative estimate of drug-likeness (QED) is 0.848. The van der Waals surface area contributed by atoms with E-state index in [1.54, 1.807) is 6.20 Å². The standard InChI is InChI=1S/C13H18BrN3/c1-2-3-10-4-5-11(7-15)13(6-10)17-9-12(14)8-16-17/h8-11,13H,2-6H2,1H3. The highest BCUT2D eigenvalue weighted by Crippen LogP contribution is 2.38. The molecule has 3 atom stereocenters. The minimum absolute atomic E-state index is 0.120. The van der Waals surface area contributed by atoms with Crippen LogP contribution in [-0.2, 0) is 0 Å². The minimum atomic E-state index is 0.120. The third kappa shape index (κ3) is 2.90. The molecule has 3 unspecified atom stereocenters. The molecule has 0 saturated heterocycles. The highest BCUT2D eigenvalue weighted by atomic mass is 79.9. The molecule has 0 aliphatic heterocycles. The zero-order chi connectivity index (χ0) is 12.3. The van der Waals surface area contributed by atoms with Crippen LogP contribution in [0.1, 0.15) is 45.1 Å². The molecule has 1 saturated carbocycles. The first kappa shape index (κ1) is 12.6. The molecule has 0 N–H and O–H groups in total. The highest BCUT2D eigenvalue weighted by Gasteiger charge is 2.31. The fraction of sp³-hybridized carbons (Fsp3) is 0.692. The van der Waals surface area contributed by atoms with Crippen LogP contribution < -0.4 is 0 Å². The van der Waals surface area contributed by atoms with Crippen LogP contribution in [0, 0.1) is 23.2 Å². The van der Waals surface area contributed by atoms with Gasteiger partial charge in [-0.05, 0) is 41.1 Å². The molecule has 1 aromatic rings. The molecule has 2 rings (SSSR count). The summed E-state index contributed by atoms with van der Waals surface area (Å²) < 4.78 is 2.96. The van der Waals surface area contributed by atoms with E-state index in [1.807, 2.05) is 10.9 Å². The van der Waals surface area contributed by atoms with E-state index < -0.39 is 0 Å². The molecule has 1 aromatic heterocycles. The van der Waals surface area contributed by atoms with Crippen molar-refractivity contribution in [2.24, 2.45) is 11.8 Å². The lowest BCUT2D eigenvalue weighted by Gasteiger charge is -2.32. The molecule has 92 valence electrons. The first-order valence-corrected chi connectivity index (χ1v) is 7.13. The van der Waals surface area contributed by atoms with Gasteiger partial charge in [0.05, 0.1) is 28.7 Å². The second-order valence-corrected chi connectivity index (χ2v) is 5.82. The average molecular weight is 296 g/mol. The lowest BCUT2D eigenvalue weighted by molar-refractivity contribution is 0.199. The molecular weight excluding hydrogens is 278 g/mol. The van der Waals surface area contributed by atoms with Crippen LogP contribution >= 0.6 is 15.9 Å². The van der Waals surface area contributed by atoms with Crippen LogP contribution in [0.3, 0.4) is 0 Å². The molecule has 1 heterocycles. The number of hydrogen-bond donors (Lipinski definition) is 0. The van der Waals surface area contributed by atoms with Gasteiger partial charge in [0.25, 0.3) is 0 Å². The zero-order valence-electron chi connectivity index (χ0n) is 10.1. The highest BCUT2D eigenvalue weighted by molar-refractivity contribution is 9.10. The smallest absolute Gasteiger partial charge is 0.0688 e. The molecule has 1 fully saturated rings. The van der Waals surface area contributed by atoms with Gasteiger partial charge in [0.2, 0.25) is 0 Å². The van der Waals surface area contributed by atoms with Gasteiger partial charge in [-0.1, -0.05) is 19.8 Å². The molecule has 0 amide bonds.